The third-order valence-corrected chi connectivity index (χ3v) is 3.21. The van der Waals surface area contributed by atoms with Gasteiger partial charge in [0.1, 0.15) is 6.54 Å². The van der Waals surface area contributed by atoms with Gasteiger partial charge in [-0.05, 0) is 18.8 Å². The number of hydrogen-bond donors (Lipinski definition) is 1. The predicted octanol–water partition coefficient (Wildman–Crippen LogP) is 2.57. The van der Waals surface area contributed by atoms with E-state index >= 15 is 0 Å². The molecule has 112 valence electrons. The van der Waals surface area contributed by atoms with E-state index in [1.54, 1.807) is 13.8 Å². The fraction of sp³-hybridized carbons (Fsp3) is 0.923. The first kappa shape index (κ1) is 16.3. The van der Waals surface area contributed by atoms with Crippen molar-refractivity contribution in [1.29, 1.82) is 0 Å². The predicted molar refractivity (Wildman–Crippen MR) is 67.7 cm³/mol. The number of rotatable bonds is 6. The monoisotopic (exact) mass is 280 g/mol. The standard InChI is InChI=1S/C13H23F3N2O/c1-10(2)8-18(9-13(14,15)16)12(19)7-17-11-5-3-4-6-11/h10-11,17H,3-9H2,1-2H3. The normalized spacial score (nSPS) is 17.2. The Labute approximate surface area is 112 Å². The van der Waals surface area contributed by atoms with Crippen molar-refractivity contribution >= 4 is 5.91 Å². The molecule has 3 nitrogen and oxygen atoms in total. The molecule has 0 aromatic rings. The molecule has 0 saturated heterocycles. The Morgan fingerprint density at radius 3 is 2.37 bits per heavy atom. The molecule has 1 fully saturated rings. The summed E-state index contributed by atoms with van der Waals surface area (Å²) in [7, 11) is 0. The Morgan fingerprint density at radius 1 is 1.32 bits per heavy atom. The van der Waals surface area contributed by atoms with E-state index < -0.39 is 18.6 Å². The summed E-state index contributed by atoms with van der Waals surface area (Å²) in [5.74, 6) is -0.435. The van der Waals surface area contributed by atoms with Gasteiger partial charge in [0, 0.05) is 12.6 Å². The van der Waals surface area contributed by atoms with Crippen molar-refractivity contribution in [3.05, 3.63) is 0 Å². The highest BCUT2D eigenvalue weighted by Gasteiger charge is 2.33. The van der Waals surface area contributed by atoms with Gasteiger partial charge in [-0.3, -0.25) is 4.79 Å². The Kier molecular flexibility index (Phi) is 6.10. The summed E-state index contributed by atoms with van der Waals surface area (Å²) in [5.41, 5.74) is 0. The second kappa shape index (κ2) is 7.12. The second-order valence-electron chi connectivity index (χ2n) is 5.65. The highest BCUT2D eigenvalue weighted by Crippen LogP contribution is 2.19. The van der Waals surface area contributed by atoms with Gasteiger partial charge in [0.05, 0.1) is 6.54 Å². The number of halogens is 3. The first-order valence-corrected chi connectivity index (χ1v) is 6.86. The van der Waals surface area contributed by atoms with Crippen LogP contribution < -0.4 is 5.32 Å². The fourth-order valence-corrected chi connectivity index (χ4v) is 2.39. The molecular formula is C13H23F3N2O. The van der Waals surface area contributed by atoms with Crippen molar-refractivity contribution in [2.24, 2.45) is 5.92 Å². The van der Waals surface area contributed by atoms with Crippen molar-refractivity contribution in [3.63, 3.8) is 0 Å². The molecule has 19 heavy (non-hydrogen) atoms. The molecule has 1 amide bonds. The Morgan fingerprint density at radius 2 is 1.89 bits per heavy atom. The van der Waals surface area contributed by atoms with Gasteiger partial charge in [0.25, 0.3) is 0 Å². The second-order valence-corrected chi connectivity index (χ2v) is 5.65. The molecule has 0 bridgehead atoms. The lowest BCUT2D eigenvalue weighted by Crippen LogP contribution is -2.46. The highest BCUT2D eigenvalue weighted by molar-refractivity contribution is 5.78. The zero-order valence-corrected chi connectivity index (χ0v) is 11.6. The fourth-order valence-electron chi connectivity index (χ4n) is 2.39. The van der Waals surface area contributed by atoms with Gasteiger partial charge in [-0.15, -0.1) is 0 Å². The summed E-state index contributed by atoms with van der Waals surface area (Å²) in [6, 6.07) is 0.288. The molecule has 0 unspecified atom stereocenters. The van der Waals surface area contributed by atoms with Crippen LogP contribution in [0.4, 0.5) is 13.2 Å². The summed E-state index contributed by atoms with van der Waals surface area (Å²) >= 11 is 0. The lowest BCUT2D eigenvalue weighted by molar-refractivity contribution is -0.161. The van der Waals surface area contributed by atoms with E-state index in [-0.39, 0.29) is 25.0 Å². The molecule has 1 aliphatic carbocycles. The molecule has 1 saturated carbocycles. The smallest absolute Gasteiger partial charge is 0.332 e. The summed E-state index contributed by atoms with van der Waals surface area (Å²) in [6.07, 6.45) is -0.0559. The van der Waals surface area contributed by atoms with Crippen LogP contribution in [-0.4, -0.2) is 42.7 Å². The van der Waals surface area contributed by atoms with E-state index in [1.165, 1.54) is 0 Å². The third-order valence-electron chi connectivity index (χ3n) is 3.21. The zero-order chi connectivity index (χ0) is 14.5. The molecule has 0 aromatic carbocycles. The summed E-state index contributed by atoms with van der Waals surface area (Å²) in [4.78, 5) is 12.8. The molecule has 0 aliphatic heterocycles. The van der Waals surface area contributed by atoms with Crippen LogP contribution in [0.25, 0.3) is 0 Å². The van der Waals surface area contributed by atoms with Crippen LogP contribution in [0.3, 0.4) is 0 Å². The molecule has 0 aromatic heterocycles. The first-order chi connectivity index (χ1) is 8.78. The van der Waals surface area contributed by atoms with Crippen LogP contribution in [0.5, 0.6) is 0 Å². The SMILES string of the molecule is CC(C)CN(CC(F)(F)F)C(=O)CNC1CCCC1. The molecule has 1 N–H and O–H groups in total. The number of alkyl halides is 3. The number of hydrogen-bond acceptors (Lipinski definition) is 2. The lowest BCUT2D eigenvalue weighted by Gasteiger charge is -2.26. The van der Waals surface area contributed by atoms with Crippen LogP contribution in [0.15, 0.2) is 0 Å². The summed E-state index contributed by atoms with van der Waals surface area (Å²) < 4.78 is 37.3. The van der Waals surface area contributed by atoms with Crippen molar-refractivity contribution in [3.8, 4) is 0 Å². The largest absolute Gasteiger partial charge is 0.406 e. The van der Waals surface area contributed by atoms with E-state index in [4.69, 9.17) is 0 Å². The van der Waals surface area contributed by atoms with Gasteiger partial charge >= 0.3 is 6.18 Å². The van der Waals surface area contributed by atoms with Crippen LogP contribution in [-0.2, 0) is 4.79 Å². The minimum atomic E-state index is -4.34. The molecule has 0 heterocycles. The molecule has 1 aliphatic rings. The van der Waals surface area contributed by atoms with Crippen LogP contribution >= 0.6 is 0 Å². The van der Waals surface area contributed by atoms with Gasteiger partial charge in [-0.1, -0.05) is 26.7 Å². The Hall–Kier alpha value is -0.780. The van der Waals surface area contributed by atoms with Gasteiger partial charge in [-0.25, -0.2) is 0 Å². The van der Waals surface area contributed by atoms with E-state index in [9.17, 15) is 18.0 Å². The average molecular weight is 280 g/mol. The van der Waals surface area contributed by atoms with E-state index in [0.717, 1.165) is 30.6 Å². The molecule has 0 spiro atoms. The van der Waals surface area contributed by atoms with Crippen molar-refractivity contribution < 1.29 is 18.0 Å². The Bertz CT molecular complexity index is 286. The van der Waals surface area contributed by atoms with Gasteiger partial charge in [0.15, 0.2) is 0 Å². The van der Waals surface area contributed by atoms with Gasteiger partial charge in [-0.2, -0.15) is 13.2 Å². The minimum Gasteiger partial charge on any atom is -0.332 e. The minimum absolute atomic E-state index is 0.00741. The first-order valence-electron chi connectivity index (χ1n) is 6.86. The van der Waals surface area contributed by atoms with Crippen LogP contribution in [0.2, 0.25) is 0 Å². The molecule has 0 radical (unpaired) electrons. The van der Waals surface area contributed by atoms with Gasteiger partial charge < -0.3 is 10.2 Å². The molecule has 6 heteroatoms. The maximum atomic E-state index is 12.4. The van der Waals surface area contributed by atoms with E-state index in [1.807, 2.05) is 0 Å². The number of nitrogens with zero attached hydrogens (tertiary/aromatic N) is 1. The zero-order valence-electron chi connectivity index (χ0n) is 11.6. The quantitative estimate of drug-likeness (QED) is 0.811. The van der Waals surface area contributed by atoms with E-state index in [0.29, 0.717) is 0 Å². The van der Waals surface area contributed by atoms with Crippen molar-refractivity contribution in [1.82, 2.24) is 10.2 Å². The number of nitrogens with one attached hydrogen (secondary N) is 1. The topological polar surface area (TPSA) is 32.3 Å². The van der Waals surface area contributed by atoms with Crippen molar-refractivity contribution in [2.45, 2.75) is 51.7 Å². The third kappa shape index (κ3) is 6.80. The van der Waals surface area contributed by atoms with Crippen molar-refractivity contribution in [2.75, 3.05) is 19.6 Å². The number of amides is 1. The molecule has 1 rings (SSSR count). The van der Waals surface area contributed by atoms with E-state index in [2.05, 4.69) is 5.32 Å². The van der Waals surface area contributed by atoms with Gasteiger partial charge in [0.2, 0.25) is 5.91 Å². The van der Waals surface area contributed by atoms with Crippen LogP contribution in [0, 0.1) is 5.92 Å². The maximum absolute atomic E-state index is 12.4. The number of carbonyl (C=O) groups is 1. The summed E-state index contributed by atoms with van der Waals surface area (Å²) in [5, 5.41) is 3.06. The average Bonchev–Trinajstić information content (AvgIpc) is 2.75. The molecule has 0 atom stereocenters. The highest BCUT2D eigenvalue weighted by atomic mass is 19.4. The maximum Gasteiger partial charge on any atom is 0.406 e. The number of carbonyl (C=O) groups excluding carboxylic acids is 1. The van der Waals surface area contributed by atoms with Crippen LogP contribution in [0.1, 0.15) is 39.5 Å². The lowest BCUT2D eigenvalue weighted by atomic mass is 10.2. The summed E-state index contributed by atoms with van der Waals surface area (Å²) in [6.45, 7) is 2.61. The Balaban J connectivity index is 2.45. The molecular weight excluding hydrogens is 257 g/mol.